The van der Waals surface area contributed by atoms with Crippen LogP contribution in [0.2, 0.25) is 0 Å². The smallest absolute Gasteiger partial charge is 0.318 e. The van der Waals surface area contributed by atoms with Gasteiger partial charge in [0.1, 0.15) is 5.82 Å². The van der Waals surface area contributed by atoms with Gasteiger partial charge in [-0.05, 0) is 38.7 Å². The predicted octanol–water partition coefficient (Wildman–Crippen LogP) is 2.07. The lowest BCUT2D eigenvalue weighted by atomic mass is 10.00. The Bertz CT molecular complexity index is 620. The molecule has 0 bridgehead atoms. The minimum Gasteiger partial charge on any atom is -0.345 e. The SMILES string of the molecule is Cc1cnc(CNC(=O)N2CCCC[C@H]2CCn2cccn2)[nH]1. The number of hydrogen-bond acceptors (Lipinski definition) is 3. The van der Waals surface area contributed by atoms with Crippen molar-refractivity contribution in [3.8, 4) is 0 Å². The molecule has 0 saturated carbocycles. The number of aromatic amines is 1. The second-order valence-electron chi connectivity index (χ2n) is 6.07. The van der Waals surface area contributed by atoms with Gasteiger partial charge in [0.05, 0.1) is 6.54 Å². The fraction of sp³-hybridized carbons (Fsp3) is 0.562. The fourth-order valence-corrected chi connectivity index (χ4v) is 3.10. The van der Waals surface area contributed by atoms with E-state index in [0.29, 0.717) is 6.54 Å². The first-order chi connectivity index (χ1) is 11.2. The van der Waals surface area contributed by atoms with E-state index in [0.717, 1.165) is 43.9 Å². The zero-order valence-corrected chi connectivity index (χ0v) is 13.5. The lowest BCUT2D eigenvalue weighted by Crippen LogP contribution is -2.48. The summed E-state index contributed by atoms with van der Waals surface area (Å²) >= 11 is 0. The average molecular weight is 316 g/mol. The molecule has 1 saturated heterocycles. The Kier molecular flexibility index (Phi) is 4.95. The first-order valence-electron chi connectivity index (χ1n) is 8.25. The number of nitrogens with zero attached hydrogens (tertiary/aromatic N) is 4. The zero-order valence-electron chi connectivity index (χ0n) is 13.5. The molecule has 0 aliphatic carbocycles. The molecule has 1 fully saturated rings. The highest BCUT2D eigenvalue weighted by Gasteiger charge is 2.26. The summed E-state index contributed by atoms with van der Waals surface area (Å²) in [6.45, 7) is 4.06. The molecule has 23 heavy (non-hydrogen) atoms. The molecular formula is C16H24N6O. The quantitative estimate of drug-likeness (QED) is 0.886. The van der Waals surface area contributed by atoms with Gasteiger partial charge in [0.25, 0.3) is 0 Å². The second-order valence-corrected chi connectivity index (χ2v) is 6.07. The van der Waals surface area contributed by atoms with Crippen molar-refractivity contribution in [2.45, 2.75) is 51.7 Å². The lowest BCUT2D eigenvalue weighted by Gasteiger charge is -2.35. The maximum atomic E-state index is 12.5. The van der Waals surface area contributed by atoms with Crippen LogP contribution in [-0.2, 0) is 13.1 Å². The third-order valence-corrected chi connectivity index (χ3v) is 4.30. The van der Waals surface area contributed by atoms with Crippen molar-refractivity contribution in [2.75, 3.05) is 6.54 Å². The van der Waals surface area contributed by atoms with Gasteiger partial charge in [-0.2, -0.15) is 5.10 Å². The van der Waals surface area contributed by atoms with Gasteiger partial charge in [-0.25, -0.2) is 9.78 Å². The average Bonchev–Trinajstić information content (AvgIpc) is 3.22. The van der Waals surface area contributed by atoms with E-state index < -0.39 is 0 Å². The van der Waals surface area contributed by atoms with Crippen molar-refractivity contribution in [1.82, 2.24) is 30.0 Å². The van der Waals surface area contributed by atoms with Crippen molar-refractivity contribution in [1.29, 1.82) is 0 Å². The molecule has 2 amide bonds. The Labute approximate surface area is 136 Å². The number of likely N-dealkylation sites (tertiary alicyclic amines) is 1. The van der Waals surface area contributed by atoms with Gasteiger partial charge < -0.3 is 15.2 Å². The molecule has 1 atom stereocenters. The third-order valence-electron chi connectivity index (χ3n) is 4.30. The maximum absolute atomic E-state index is 12.5. The largest absolute Gasteiger partial charge is 0.345 e. The number of imidazole rings is 1. The van der Waals surface area contributed by atoms with Crippen LogP contribution < -0.4 is 5.32 Å². The number of rotatable bonds is 5. The number of aryl methyl sites for hydroxylation is 2. The van der Waals surface area contributed by atoms with E-state index in [2.05, 4.69) is 20.4 Å². The summed E-state index contributed by atoms with van der Waals surface area (Å²) < 4.78 is 1.93. The van der Waals surface area contributed by atoms with E-state index in [1.807, 2.05) is 28.8 Å². The molecule has 2 N–H and O–H groups in total. The monoisotopic (exact) mass is 316 g/mol. The second kappa shape index (κ2) is 7.30. The summed E-state index contributed by atoms with van der Waals surface area (Å²) in [5.41, 5.74) is 1.00. The van der Waals surface area contributed by atoms with Gasteiger partial charge >= 0.3 is 6.03 Å². The van der Waals surface area contributed by atoms with Gasteiger partial charge in [0, 0.05) is 43.4 Å². The van der Waals surface area contributed by atoms with Crippen LogP contribution in [0.4, 0.5) is 4.79 Å². The van der Waals surface area contributed by atoms with Crippen LogP contribution in [0.5, 0.6) is 0 Å². The molecule has 0 spiro atoms. The van der Waals surface area contributed by atoms with Crippen molar-refractivity contribution >= 4 is 6.03 Å². The number of carbonyl (C=O) groups is 1. The highest BCUT2D eigenvalue weighted by atomic mass is 16.2. The summed E-state index contributed by atoms with van der Waals surface area (Å²) in [7, 11) is 0. The molecule has 7 heteroatoms. The van der Waals surface area contributed by atoms with E-state index in [1.54, 1.807) is 12.4 Å². The lowest BCUT2D eigenvalue weighted by molar-refractivity contribution is 0.142. The van der Waals surface area contributed by atoms with E-state index in [-0.39, 0.29) is 12.1 Å². The molecule has 1 aliphatic rings. The Balaban J connectivity index is 1.53. The predicted molar refractivity (Wildman–Crippen MR) is 86.7 cm³/mol. The van der Waals surface area contributed by atoms with Crippen molar-refractivity contribution in [2.24, 2.45) is 0 Å². The Morgan fingerprint density at radius 1 is 1.48 bits per heavy atom. The first kappa shape index (κ1) is 15.6. The topological polar surface area (TPSA) is 78.8 Å². The number of hydrogen-bond donors (Lipinski definition) is 2. The zero-order chi connectivity index (χ0) is 16.1. The molecule has 124 valence electrons. The van der Waals surface area contributed by atoms with E-state index in [9.17, 15) is 4.79 Å². The minimum atomic E-state index is 0.00391. The number of carbonyl (C=O) groups excluding carboxylic acids is 1. The number of H-pyrrole nitrogens is 1. The Morgan fingerprint density at radius 2 is 2.39 bits per heavy atom. The molecule has 0 aromatic carbocycles. The van der Waals surface area contributed by atoms with Gasteiger partial charge in [-0.15, -0.1) is 0 Å². The van der Waals surface area contributed by atoms with Crippen molar-refractivity contribution < 1.29 is 4.79 Å². The molecular weight excluding hydrogens is 292 g/mol. The van der Waals surface area contributed by atoms with Crippen molar-refractivity contribution in [3.63, 3.8) is 0 Å². The minimum absolute atomic E-state index is 0.00391. The number of aromatic nitrogens is 4. The number of urea groups is 1. The summed E-state index contributed by atoms with van der Waals surface area (Å²) in [5.74, 6) is 0.793. The standard InChI is InChI=1S/C16H24N6O/c1-13-11-17-15(20-13)12-18-16(23)22-9-3-2-5-14(22)6-10-21-8-4-7-19-21/h4,7-8,11,14H,2-3,5-6,9-10,12H2,1H3,(H,17,20)(H,18,23)/t14-/m0/s1. The molecule has 0 unspecified atom stereocenters. The van der Waals surface area contributed by atoms with E-state index in [1.165, 1.54) is 6.42 Å². The molecule has 7 nitrogen and oxygen atoms in total. The molecule has 0 radical (unpaired) electrons. The summed E-state index contributed by atoms with van der Waals surface area (Å²) in [4.78, 5) is 21.8. The summed E-state index contributed by atoms with van der Waals surface area (Å²) in [6, 6.07) is 2.21. The van der Waals surface area contributed by atoms with Crippen LogP contribution in [-0.4, -0.2) is 43.3 Å². The van der Waals surface area contributed by atoms with Crippen molar-refractivity contribution in [3.05, 3.63) is 36.2 Å². The van der Waals surface area contributed by atoms with Gasteiger partial charge in [-0.3, -0.25) is 4.68 Å². The van der Waals surface area contributed by atoms with Gasteiger partial charge in [0.15, 0.2) is 0 Å². The van der Waals surface area contributed by atoms with Gasteiger partial charge in [0.2, 0.25) is 0 Å². The Morgan fingerprint density at radius 3 is 3.13 bits per heavy atom. The molecule has 3 rings (SSSR count). The highest BCUT2D eigenvalue weighted by Crippen LogP contribution is 2.20. The number of nitrogens with one attached hydrogen (secondary N) is 2. The maximum Gasteiger partial charge on any atom is 0.318 e. The van der Waals surface area contributed by atoms with E-state index >= 15 is 0 Å². The van der Waals surface area contributed by atoms with Crippen LogP contribution in [0.15, 0.2) is 24.7 Å². The van der Waals surface area contributed by atoms with Crippen LogP contribution in [0.25, 0.3) is 0 Å². The molecule has 2 aromatic heterocycles. The molecule has 3 heterocycles. The van der Waals surface area contributed by atoms with Crippen LogP contribution >= 0.6 is 0 Å². The number of amides is 2. The van der Waals surface area contributed by atoms with Crippen LogP contribution in [0.1, 0.15) is 37.2 Å². The normalized spacial score (nSPS) is 18.1. The number of piperidine rings is 1. The molecule has 2 aromatic rings. The van der Waals surface area contributed by atoms with Gasteiger partial charge in [-0.1, -0.05) is 0 Å². The first-order valence-corrected chi connectivity index (χ1v) is 8.25. The third kappa shape index (κ3) is 4.12. The fourth-order valence-electron chi connectivity index (χ4n) is 3.10. The molecule has 1 aliphatic heterocycles. The Hall–Kier alpha value is -2.31. The highest BCUT2D eigenvalue weighted by molar-refractivity contribution is 5.74. The summed E-state index contributed by atoms with van der Waals surface area (Å²) in [5, 5.41) is 7.21. The van der Waals surface area contributed by atoms with E-state index in [4.69, 9.17) is 0 Å². The van der Waals surface area contributed by atoms with Crippen LogP contribution in [0, 0.1) is 6.92 Å². The summed E-state index contributed by atoms with van der Waals surface area (Å²) in [6.07, 6.45) is 9.79. The van der Waals surface area contributed by atoms with Crippen LogP contribution in [0.3, 0.4) is 0 Å².